The fourth-order valence-electron chi connectivity index (χ4n) is 4.60. The van der Waals surface area contributed by atoms with Crippen molar-refractivity contribution in [2.45, 2.75) is 26.7 Å². The molecule has 11 heteroatoms. The third-order valence-corrected chi connectivity index (χ3v) is 7.37. The molecule has 0 bridgehead atoms. The second kappa shape index (κ2) is 12.6. The summed E-state index contributed by atoms with van der Waals surface area (Å²) in [6, 6.07) is 7.23. The molecule has 3 heterocycles. The molecule has 5 rings (SSSR count). The van der Waals surface area contributed by atoms with Crippen molar-refractivity contribution in [1.29, 1.82) is 0 Å². The predicted octanol–water partition coefficient (Wildman–Crippen LogP) is 5.59. The first-order chi connectivity index (χ1) is 20.7. The van der Waals surface area contributed by atoms with Gasteiger partial charge in [0.05, 0.1) is 19.2 Å². The van der Waals surface area contributed by atoms with E-state index in [1.165, 1.54) is 25.4 Å². The van der Waals surface area contributed by atoms with Crippen LogP contribution in [0.3, 0.4) is 0 Å². The van der Waals surface area contributed by atoms with Gasteiger partial charge in [-0.25, -0.2) is 9.37 Å². The summed E-state index contributed by atoms with van der Waals surface area (Å²) < 4.78 is 39.0. The van der Waals surface area contributed by atoms with Crippen LogP contribution in [0.15, 0.2) is 47.4 Å². The smallest absolute Gasteiger partial charge is 0.261 e. The molecule has 10 nitrogen and oxygen atoms in total. The third-order valence-electron chi connectivity index (χ3n) is 7.37. The molecule has 1 aliphatic rings. The van der Waals surface area contributed by atoms with E-state index in [1.54, 1.807) is 32.2 Å². The molecule has 0 aliphatic heterocycles. The van der Waals surface area contributed by atoms with Gasteiger partial charge in [-0.15, -0.1) is 0 Å². The minimum absolute atomic E-state index is 0.0122. The van der Waals surface area contributed by atoms with E-state index >= 15 is 4.39 Å². The van der Waals surface area contributed by atoms with Crippen molar-refractivity contribution in [3.8, 4) is 23.1 Å². The normalized spacial score (nSPS) is 13.0. The first-order valence-electron chi connectivity index (χ1n) is 13.8. The second-order valence-electron chi connectivity index (χ2n) is 10.3. The van der Waals surface area contributed by atoms with Gasteiger partial charge in [0.15, 0.2) is 23.1 Å². The zero-order chi connectivity index (χ0) is 30.7. The molecule has 43 heavy (non-hydrogen) atoms. The van der Waals surface area contributed by atoms with Gasteiger partial charge in [-0.1, -0.05) is 12.2 Å². The minimum Gasteiger partial charge on any atom is -0.485 e. The van der Waals surface area contributed by atoms with E-state index in [0.29, 0.717) is 47.2 Å². The summed E-state index contributed by atoms with van der Waals surface area (Å²) in [5, 5.41) is 2.66. The number of methoxy groups -OCH3 is 2. The van der Waals surface area contributed by atoms with Crippen LogP contribution >= 0.6 is 0 Å². The molecule has 0 unspecified atom stereocenters. The van der Waals surface area contributed by atoms with Gasteiger partial charge in [-0.2, -0.15) is 0 Å². The first-order valence-corrected chi connectivity index (χ1v) is 13.8. The molecule has 0 atom stereocenters. The van der Waals surface area contributed by atoms with Crippen LogP contribution in [0.25, 0.3) is 17.1 Å². The molecule has 4 aromatic rings. The van der Waals surface area contributed by atoms with Gasteiger partial charge in [0.25, 0.3) is 11.8 Å². The number of benzene rings is 1. The van der Waals surface area contributed by atoms with Crippen molar-refractivity contribution < 1.29 is 28.1 Å². The zero-order valence-corrected chi connectivity index (χ0v) is 24.7. The average Bonchev–Trinajstić information content (AvgIpc) is 3.82. The van der Waals surface area contributed by atoms with E-state index in [-0.39, 0.29) is 34.1 Å². The van der Waals surface area contributed by atoms with Crippen molar-refractivity contribution >= 4 is 28.7 Å². The third kappa shape index (κ3) is 6.36. The standard InChI is InChI=1S/C32H33FN4O6/c1-18-22(10-8-20-6-7-20)30(38)28(19(2)37(18)3)31(39)35-21-9-11-25(23(33)16-21)43-26-12-13-34-24-17-27(42-15-14-40-4)32(41-5)36-29(24)26/h8-13,16-17,20H,6-7,14-15H2,1-5H3,(H,35,39)/b10-8+. The maximum atomic E-state index is 15.2. The van der Waals surface area contributed by atoms with Crippen LogP contribution in [0.4, 0.5) is 10.1 Å². The van der Waals surface area contributed by atoms with Gasteiger partial charge in [0.2, 0.25) is 5.43 Å². The highest BCUT2D eigenvalue weighted by molar-refractivity contribution is 6.05. The van der Waals surface area contributed by atoms with Crippen LogP contribution < -0.4 is 25.0 Å². The number of carbonyl (C=O) groups excluding carboxylic acids is 1. The Morgan fingerprint density at radius 3 is 2.58 bits per heavy atom. The number of fused-ring (bicyclic) bond motifs is 1. The Kier molecular flexibility index (Phi) is 8.72. The van der Waals surface area contributed by atoms with Gasteiger partial charge < -0.3 is 28.8 Å². The molecule has 1 fully saturated rings. The van der Waals surface area contributed by atoms with Crippen LogP contribution in [0, 0.1) is 25.6 Å². The summed E-state index contributed by atoms with van der Waals surface area (Å²) in [7, 11) is 4.84. The molecule has 1 aromatic carbocycles. The van der Waals surface area contributed by atoms with Gasteiger partial charge in [-0.3, -0.25) is 14.6 Å². The number of rotatable bonds is 11. The molecule has 3 aromatic heterocycles. The Hall–Kier alpha value is -4.77. The monoisotopic (exact) mass is 588 g/mol. The lowest BCUT2D eigenvalue weighted by Gasteiger charge is -2.16. The molecule has 1 amide bonds. The summed E-state index contributed by atoms with van der Waals surface area (Å²) in [5.74, 6) is -0.124. The maximum absolute atomic E-state index is 15.2. The fraction of sp³-hybridized carbons (Fsp3) is 0.312. The van der Waals surface area contributed by atoms with Crippen LogP contribution in [-0.4, -0.2) is 47.9 Å². The Morgan fingerprint density at radius 1 is 1.09 bits per heavy atom. The van der Waals surface area contributed by atoms with Crippen molar-refractivity contribution in [3.05, 3.63) is 81.2 Å². The van der Waals surface area contributed by atoms with E-state index in [2.05, 4.69) is 15.3 Å². The van der Waals surface area contributed by atoms with E-state index in [0.717, 1.165) is 24.6 Å². The van der Waals surface area contributed by atoms with Gasteiger partial charge in [-0.05, 0) is 44.7 Å². The first kappa shape index (κ1) is 29.7. The highest BCUT2D eigenvalue weighted by atomic mass is 19.1. The van der Waals surface area contributed by atoms with Crippen LogP contribution in [0.1, 0.15) is 40.2 Å². The summed E-state index contributed by atoms with van der Waals surface area (Å²) in [4.78, 5) is 35.4. The van der Waals surface area contributed by atoms with Crippen LogP contribution in [0.5, 0.6) is 23.1 Å². The number of nitrogens with zero attached hydrogens (tertiary/aromatic N) is 3. The molecule has 0 saturated heterocycles. The topological polar surface area (TPSA) is 114 Å². The summed E-state index contributed by atoms with van der Waals surface area (Å²) in [6.07, 6.45) is 7.54. The number of pyridine rings is 3. The Labute approximate surface area is 248 Å². The largest absolute Gasteiger partial charge is 0.485 e. The van der Waals surface area contributed by atoms with Crippen LogP contribution in [-0.2, 0) is 11.8 Å². The van der Waals surface area contributed by atoms with Crippen molar-refractivity contribution in [3.63, 3.8) is 0 Å². The van der Waals surface area contributed by atoms with Gasteiger partial charge in [0.1, 0.15) is 17.7 Å². The number of ether oxygens (including phenoxy) is 4. The Balaban J connectivity index is 1.38. The molecule has 1 N–H and O–H groups in total. The number of nitrogens with one attached hydrogen (secondary N) is 1. The van der Waals surface area contributed by atoms with Crippen molar-refractivity contribution in [1.82, 2.24) is 14.5 Å². The molecular formula is C32H33FN4O6. The lowest BCUT2D eigenvalue weighted by Crippen LogP contribution is -2.28. The molecule has 224 valence electrons. The molecular weight excluding hydrogens is 555 g/mol. The quantitative estimate of drug-likeness (QED) is 0.226. The summed E-state index contributed by atoms with van der Waals surface area (Å²) in [5.41, 5.74) is 2.38. The molecule has 0 spiro atoms. The molecule has 0 radical (unpaired) electrons. The van der Waals surface area contributed by atoms with E-state index in [1.807, 2.05) is 24.6 Å². The number of allylic oxidation sites excluding steroid dienone is 1. The fourth-order valence-corrected chi connectivity index (χ4v) is 4.60. The highest BCUT2D eigenvalue weighted by Gasteiger charge is 2.23. The number of carbonyl (C=O) groups is 1. The number of hydrogen-bond donors (Lipinski definition) is 1. The van der Waals surface area contributed by atoms with Crippen LogP contribution in [0.2, 0.25) is 0 Å². The van der Waals surface area contributed by atoms with E-state index < -0.39 is 11.7 Å². The zero-order valence-electron chi connectivity index (χ0n) is 24.7. The molecule has 1 aliphatic carbocycles. The number of halogens is 1. The number of aromatic nitrogens is 3. The molecule has 1 saturated carbocycles. The SMILES string of the molecule is COCCOc1cc2nccc(Oc3ccc(NC(=O)c4c(C)n(C)c(C)c(/C=C/C5CC5)c4=O)cc3F)c2nc1OC. The maximum Gasteiger partial charge on any atom is 0.261 e. The lowest BCUT2D eigenvalue weighted by atomic mass is 10.0. The second-order valence-corrected chi connectivity index (χ2v) is 10.3. The van der Waals surface area contributed by atoms with E-state index in [9.17, 15) is 9.59 Å². The minimum atomic E-state index is -0.726. The van der Waals surface area contributed by atoms with E-state index in [4.69, 9.17) is 18.9 Å². The predicted molar refractivity (Wildman–Crippen MR) is 161 cm³/mol. The lowest BCUT2D eigenvalue weighted by molar-refractivity contribution is 0.102. The Bertz CT molecular complexity index is 1780. The summed E-state index contributed by atoms with van der Waals surface area (Å²) >= 11 is 0. The van der Waals surface area contributed by atoms with Gasteiger partial charge >= 0.3 is 0 Å². The highest BCUT2D eigenvalue weighted by Crippen LogP contribution is 2.35. The average molecular weight is 589 g/mol. The van der Waals surface area contributed by atoms with Crippen molar-refractivity contribution in [2.75, 3.05) is 32.8 Å². The van der Waals surface area contributed by atoms with Crippen molar-refractivity contribution in [2.24, 2.45) is 13.0 Å². The Morgan fingerprint density at radius 2 is 1.88 bits per heavy atom. The summed E-state index contributed by atoms with van der Waals surface area (Å²) in [6.45, 7) is 4.24. The number of amides is 1. The van der Waals surface area contributed by atoms with Gasteiger partial charge in [0, 0.05) is 61.2 Å². The number of hydrogen-bond acceptors (Lipinski definition) is 8. The number of anilines is 1.